The number of carbonyl (C=O) groups excluding carboxylic acids is 1. The van der Waals surface area contributed by atoms with Crippen molar-refractivity contribution in [3.05, 3.63) is 10.9 Å². The zero-order valence-electron chi connectivity index (χ0n) is 9.47. The lowest BCUT2D eigenvalue weighted by atomic mass is 10.5. The molecular weight excluding hydrogens is 239 g/mol. The van der Waals surface area contributed by atoms with E-state index in [1.165, 1.54) is 6.92 Å². The molecule has 0 unspecified atom stereocenters. The van der Waals surface area contributed by atoms with Gasteiger partial charge in [-0.25, -0.2) is 4.58 Å². The normalized spacial score (nSPS) is 11.7. The maximum atomic E-state index is 10.9. The molecule has 86 valence electrons. The van der Waals surface area contributed by atoms with Crippen molar-refractivity contribution in [1.29, 1.82) is 0 Å². The number of ether oxygens (including phenoxy) is 1. The molecule has 0 aliphatic rings. The monoisotopic (exact) mass is 253 g/mol. The molecule has 0 atom stereocenters. The number of hydrogen-bond acceptors (Lipinski definition) is 3. The van der Waals surface area contributed by atoms with E-state index in [4.69, 9.17) is 27.9 Å². The van der Waals surface area contributed by atoms with Crippen LogP contribution < -0.4 is 0 Å². The van der Waals surface area contributed by atoms with Gasteiger partial charge in [0.1, 0.15) is 14.1 Å². The molecule has 6 heteroatoms. The molecule has 0 amide bonds. The molecule has 0 aromatic heterocycles. The van der Waals surface area contributed by atoms with Crippen LogP contribution in [0.4, 0.5) is 0 Å². The SMILES string of the molecule is CC(=O)O/C(C(Cl)=[N+](C)C)=C(/Cl)N(C)C. The molecule has 0 N–H and O–H groups in total. The Morgan fingerprint density at radius 2 is 1.73 bits per heavy atom. The largest absolute Gasteiger partial charge is 0.415 e. The van der Waals surface area contributed by atoms with Gasteiger partial charge in [-0.15, -0.1) is 0 Å². The van der Waals surface area contributed by atoms with Crippen molar-refractivity contribution >= 4 is 34.3 Å². The van der Waals surface area contributed by atoms with Gasteiger partial charge in [-0.1, -0.05) is 11.6 Å². The molecule has 0 rings (SSSR count). The molecule has 0 aromatic rings. The summed E-state index contributed by atoms with van der Waals surface area (Å²) in [6.45, 7) is 1.29. The van der Waals surface area contributed by atoms with Gasteiger partial charge in [0.05, 0.1) is 0 Å². The van der Waals surface area contributed by atoms with Crippen LogP contribution in [0.5, 0.6) is 0 Å². The Morgan fingerprint density at radius 1 is 1.27 bits per heavy atom. The lowest BCUT2D eigenvalue weighted by Gasteiger charge is -2.13. The Hall–Kier alpha value is -0.740. The second-order valence-corrected chi connectivity index (χ2v) is 4.01. The molecule has 0 aliphatic carbocycles. The average Bonchev–Trinajstić information content (AvgIpc) is 2.11. The van der Waals surface area contributed by atoms with Crippen molar-refractivity contribution in [2.45, 2.75) is 6.92 Å². The van der Waals surface area contributed by atoms with Crippen molar-refractivity contribution in [2.24, 2.45) is 0 Å². The molecule has 0 bridgehead atoms. The Kier molecular flexibility index (Phi) is 5.68. The summed E-state index contributed by atoms with van der Waals surface area (Å²) in [7, 11) is 6.91. The number of allylic oxidation sites excluding steroid dienone is 1. The van der Waals surface area contributed by atoms with E-state index < -0.39 is 5.97 Å². The molecule has 0 heterocycles. The minimum Gasteiger partial charge on any atom is -0.415 e. The number of rotatable bonds is 3. The topological polar surface area (TPSA) is 32.6 Å². The molecule has 0 saturated heterocycles. The van der Waals surface area contributed by atoms with E-state index in [-0.39, 0.29) is 16.1 Å². The van der Waals surface area contributed by atoms with Crippen molar-refractivity contribution in [1.82, 2.24) is 4.90 Å². The number of carbonyl (C=O) groups is 1. The molecule has 15 heavy (non-hydrogen) atoms. The minimum atomic E-state index is -0.468. The predicted octanol–water partition coefficient (Wildman–Crippen LogP) is 1.43. The summed E-state index contributed by atoms with van der Waals surface area (Å²) in [6.07, 6.45) is 0. The van der Waals surface area contributed by atoms with Crippen molar-refractivity contribution in [3.8, 4) is 0 Å². The molecule has 0 radical (unpaired) electrons. The van der Waals surface area contributed by atoms with Crippen LogP contribution in [-0.4, -0.2) is 48.8 Å². The number of hydrogen-bond donors (Lipinski definition) is 0. The third kappa shape index (κ3) is 4.53. The van der Waals surface area contributed by atoms with Crippen LogP contribution in [-0.2, 0) is 9.53 Å². The highest BCUT2D eigenvalue weighted by atomic mass is 35.5. The van der Waals surface area contributed by atoms with E-state index in [0.29, 0.717) is 0 Å². The highest BCUT2D eigenvalue weighted by Crippen LogP contribution is 2.17. The lowest BCUT2D eigenvalue weighted by Crippen LogP contribution is -2.19. The molecule has 0 aliphatic heterocycles. The molecule has 0 aromatic carbocycles. The summed E-state index contributed by atoms with van der Waals surface area (Å²) in [5, 5.41) is 0.535. The first-order valence-corrected chi connectivity index (χ1v) is 4.98. The fraction of sp³-hybridized carbons (Fsp3) is 0.556. The first-order chi connectivity index (χ1) is 6.77. The number of esters is 1. The Balaban J connectivity index is 5.34. The highest BCUT2D eigenvalue weighted by molar-refractivity contribution is 6.68. The smallest absolute Gasteiger partial charge is 0.315 e. The highest BCUT2D eigenvalue weighted by Gasteiger charge is 2.21. The van der Waals surface area contributed by atoms with Crippen LogP contribution in [0.15, 0.2) is 10.9 Å². The van der Waals surface area contributed by atoms with Crippen LogP contribution in [0.3, 0.4) is 0 Å². The van der Waals surface area contributed by atoms with Crippen LogP contribution in [0.25, 0.3) is 0 Å². The fourth-order valence-electron chi connectivity index (χ4n) is 0.719. The molecular formula is C9H15Cl2N2O2+. The first-order valence-electron chi connectivity index (χ1n) is 4.23. The van der Waals surface area contributed by atoms with Gasteiger partial charge in [0, 0.05) is 21.0 Å². The Labute approximate surface area is 99.7 Å². The van der Waals surface area contributed by atoms with Gasteiger partial charge in [0.2, 0.25) is 5.76 Å². The fourth-order valence-corrected chi connectivity index (χ4v) is 1.02. The maximum Gasteiger partial charge on any atom is 0.315 e. The van der Waals surface area contributed by atoms with Gasteiger partial charge in [0.25, 0.3) is 0 Å². The summed E-state index contributed by atoms with van der Waals surface area (Å²) in [4.78, 5) is 12.5. The van der Waals surface area contributed by atoms with Gasteiger partial charge in [-0.3, -0.25) is 4.79 Å². The average molecular weight is 254 g/mol. The van der Waals surface area contributed by atoms with Crippen LogP contribution in [0, 0.1) is 0 Å². The molecule has 4 nitrogen and oxygen atoms in total. The quantitative estimate of drug-likeness (QED) is 0.251. The van der Waals surface area contributed by atoms with Crippen LogP contribution >= 0.6 is 23.2 Å². The summed E-state index contributed by atoms with van der Waals surface area (Å²) in [6, 6.07) is 0. The maximum absolute atomic E-state index is 10.9. The van der Waals surface area contributed by atoms with E-state index in [9.17, 15) is 4.79 Å². The van der Waals surface area contributed by atoms with Crippen molar-refractivity contribution in [3.63, 3.8) is 0 Å². The second kappa shape index (κ2) is 5.98. The second-order valence-electron chi connectivity index (χ2n) is 3.29. The van der Waals surface area contributed by atoms with Gasteiger partial charge in [-0.05, 0) is 11.6 Å². The van der Waals surface area contributed by atoms with Crippen molar-refractivity contribution < 1.29 is 14.1 Å². The van der Waals surface area contributed by atoms with Gasteiger partial charge in [-0.2, -0.15) is 0 Å². The summed E-state index contributed by atoms with van der Waals surface area (Å²) in [5.41, 5.74) is 0. The van der Waals surface area contributed by atoms with E-state index in [2.05, 4.69) is 0 Å². The third-order valence-electron chi connectivity index (χ3n) is 1.41. The zero-order chi connectivity index (χ0) is 12.2. The van der Waals surface area contributed by atoms with Crippen LogP contribution in [0.2, 0.25) is 0 Å². The zero-order valence-corrected chi connectivity index (χ0v) is 11.0. The first kappa shape index (κ1) is 14.3. The Morgan fingerprint density at radius 3 is 2.00 bits per heavy atom. The number of nitrogens with zero attached hydrogens (tertiary/aromatic N) is 2. The summed E-state index contributed by atoms with van der Waals surface area (Å²) in [5.74, 6) is -0.314. The number of halogens is 2. The molecule has 0 fully saturated rings. The molecule has 0 saturated carbocycles. The Bertz CT molecular complexity index is 318. The minimum absolute atomic E-state index is 0.154. The van der Waals surface area contributed by atoms with Gasteiger partial charge < -0.3 is 9.64 Å². The van der Waals surface area contributed by atoms with Crippen molar-refractivity contribution in [2.75, 3.05) is 28.2 Å². The van der Waals surface area contributed by atoms with Gasteiger partial charge in [0.15, 0.2) is 5.16 Å². The summed E-state index contributed by atoms with van der Waals surface area (Å²) < 4.78 is 6.56. The summed E-state index contributed by atoms with van der Waals surface area (Å²) >= 11 is 11.9. The van der Waals surface area contributed by atoms with E-state index in [1.54, 1.807) is 37.7 Å². The van der Waals surface area contributed by atoms with Gasteiger partial charge >= 0.3 is 11.1 Å². The molecule has 0 spiro atoms. The third-order valence-corrected chi connectivity index (χ3v) is 2.43. The van der Waals surface area contributed by atoms with Crippen LogP contribution in [0.1, 0.15) is 6.92 Å². The lowest BCUT2D eigenvalue weighted by molar-refractivity contribution is -0.462. The van der Waals surface area contributed by atoms with E-state index >= 15 is 0 Å². The standard InChI is InChI=1S/C9H15Cl2N2O2/c1-6(14)15-7(8(10)12(2)3)9(11)13(4)5/h1-5H3/q+1. The van der Waals surface area contributed by atoms with E-state index in [0.717, 1.165) is 0 Å². The van der Waals surface area contributed by atoms with E-state index in [1.807, 2.05) is 0 Å². The predicted molar refractivity (Wildman–Crippen MR) is 61.3 cm³/mol.